The molecule has 0 heterocycles. The summed E-state index contributed by atoms with van der Waals surface area (Å²) in [6, 6.07) is 10.0. The van der Waals surface area contributed by atoms with E-state index in [1.165, 1.54) is 0 Å². The Morgan fingerprint density at radius 1 is 0.947 bits per heavy atom. The van der Waals surface area contributed by atoms with Gasteiger partial charge in [0.05, 0.1) is 12.1 Å². The third-order valence-corrected chi connectivity index (χ3v) is 3.65. The molecular formula is C14H11Cl3O2. The summed E-state index contributed by atoms with van der Waals surface area (Å²) in [4.78, 5) is 0. The van der Waals surface area contributed by atoms with Crippen molar-refractivity contribution < 1.29 is 9.84 Å². The Morgan fingerprint density at radius 3 is 2.05 bits per heavy atom. The second-order valence-electron chi connectivity index (χ2n) is 3.96. The maximum atomic E-state index is 10.4. The normalized spacial score (nSPS) is 12.3. The van der Waals surface area contributed by atoms with Crippen molar-refractivity contribution in [2.45, 2.75) is 6.10 Å². The van der Waals surface area contributed by atoms with Crippen molar-refractivity contribution in [1.29, 1.82) is 0 Å². The minimum Gasteiger partial charge on any atom is -0.497 e. The van der Waals surface area contributed by atoms with Gasteiger partial charge in [0.1, 0.15) is 11.9 Å². The van der Waals surface area contributed by atoms with Gasteiger partial charge in [0.2, 0.25) is 0 Å². The van der Waals surface area contributed by atoms with Crippen LogP contribution >= 0.6 is 34.8 Å². The van der Waals surface area contributed by atoms with Crippen molar-refractivity contribution in [2.24, 2.45) is 0 Å². The molecule has 0 saturated heterocycles. The highest BCUT2D eigenvalue weighted by molar-refractivity contribution is 6.35. The Bertz CT molecular complexity index is 599. The van der Waals surface area contributed by atoms with Gasteiger partial charge in [0.25, 0.3) is 0 Å². The molecule has 1 N–H and O–H groups in total. The number of ether oxygens (including phenoxy) is 1. The van der Waals surface area contributed by atoms with E-state index in [0.29, 0.717) is 31.9 Å². The molecule has 0 aliphatic carbocycles. The van der Waals surface area contributed by atoms with E-state index in [9.17, 15) is 5.11 Å². The molecule has 0 fully saturated rings. The standard InChI is InChI=1S/C14H11Cl3O2/c1-19-9-3-5-11(13(17)7-9)14(18)10-4-2-8(15)6-12(10)16/h2-7,14,18H,1H3. The molecule has 0 amide bonds. The highest BCUT2D eigenvalue weighted by Crippen LogP contribution is 2.34. The quantitative estimate of drug-likeness (QED) is 0.886. The molecule has 0 aliphatic rings. The second-order valence-corrected chi connectivity index (χ2v) is 5.21. The lowest BCUT2D eigenvalue weighted by molar-refractivity contribution is 0.220. The number of hydrogen-bond acceptors (Lipinski definition) is 2. The van der Waals surface area contributed by atoms with Crippen LogP contribution in [0.2, 0.25) is 15.1 Å². The van der Waals surface area contributed by atoms with Gasteiger partial charge in [-0.3, -0.25) is 0 Å². The average Bonchev–Trinajstić information content (AvgIpc) is 2.37. The number of aliphatic hydroxyl groups excluding tert-OH is 1. The van der Waals surface area contributed by atoms with Crippen LogP contribution in [0.25, 0.3) is 0 Å². The number of hydrogen-bond donors (Lipinski definition) is 1. The molecule has 5 heteroatoms. The van der Waals surface area contributed by atoms with Gasteiger partial charge < -0.3 is 9.84 Å². The largest absolute Gasteiger partial charge is 0.497 e. The molecule has 2 aromatic carbocycles. The maximum Gasteiger partial charge on any atom is 0.120 e. The Hall–Kier alpha value is -0.930. The zero-order valence-corrected chi connectivity index (χ0v) is 12.3. The molecular weight excluding hydrogens is 307 g/mol. The summed E-state index contributed by atoms with van der Waals surface area (Å²) in [6.07, 6.45) is -0.914. The molecule has 0 aromatic heterocycles. The number of methoxy groups -OCH3 is 1. The molecule has 100 valence electrons. The molecule has 19 heavy (non-hydrogen) atoms. The van der Waals surface area contributed by atoms with Crippen LogP contribution in [0.5, 0.6) is 5.75 Å². The van der Waals surface area contributed by atoms with Crippen molar-refractivity contribution in [1.82, 2.24) is 0 Å². The number of halogens is 3. The summed E-state index contributed by atoms with van der Waals surface area (Å²) in [6.45, 7) is 0. The monoisotopic (exact) mass is 316 g/mol. The van der Waals surface area contributed by atoms with E-state index < -0.39 is 6.10 Å². The third kappa shape index (κ3) is 3.15. The van der Waals surface area contributed by atoms with Gasteiger partial charge in [-0.25, -0.2) is 0 Å². The summed E-state index contributed by atoms with van der Waals surface area (Å²) in [5.74, 6) is 0.628. The van der Waals surface area contributed by atoms with Gasteiger partial charge in [-0.2, -0.15) is 0 Å². The van der Waals surface area contributed by atoms with Gasteiger partial charge in [0, 0.05) is 21.2 Å². The van der Waals surface area contributed by atoms with Crippen LogP contribution in [0, 0.1) is 0 Å². The smallest absolute Gasteiger partial charge is 0.120 e. The molecule has 0 bridgehead atoms. The van der Waals surface area contributed by atoms with Crippen LogP contribution < -0.4 is 4.74 Å². The van der Waals surface area contributed by atoms with Crippen molar-refractivity contribution in [3.05, 3.63) is 62.6 Å². The fraction of sp³-hybridized carbons (Fsp3) is 0.143. The molecule has 0 saturated carbocycles. The summed E-state index contributed by atoms with van der Waals surface area (Å²) >= 11 is 18.0. The van der Waals surface area contributed by atoms with Crippen LogP contribution in [-0.4, -0.2) is 12.2 Å². The Balaban J connectivity index is 2.41. The first-order chi connectivity index (χ1) is 9.02. The lowest BCUT2D eigenvalue weighted by Gasteiger charge is -2.15. The molecule has 2 nitrogen and oxygen atoms in total. The topological polar surface area (TPSA) is 29.5 Å². The van der Waals surface area contributed by atoms with E-state index in [4.69, 9.17) is 39.5 Å². The Morgan fingerprint density at radius 2 is 1.53 bits per heavy atom. The van der Waals surface area contributed by atoms with Crippen LogP contribution in [0.3, 0.4) is 0 Å². The van der Waals surface area contributed by atoms with E-state index >= 15 is 0 Å². The summed E-state index contributed by atoms with van der Waals surface area (Å²) < 4.78 is 5.07. The maximum absolute atomic E-state index is 10.4. The first-order valence-electron chi connectivity index (χ1n) is 5.49. The zero-order valence-electron chi connectivity index (χ0n) is 10.0. The molecule has 1 atom stereocenters. The van der Waals surface area contributed by atoms with Gasteiger partial charge >= 0.3 is 0 Å². The van der Waals surface area contributed by atoms with Gasteiger partial charge in [-0.1, -0.05) is 46.9 Å². The predicted molar refractivity (Wildman–Crippen MR) is 78.5 cm³/mol. The van der Waals surface area contributed by atoms with Crippen LogP contribution in [0.1, 0.15) is 17.2 Å². The number of rotatable bonds is 3. The van der Waals surface area contributed by atoms with Gasteiger partial charge in [-0.05, 0) is 24.3 Å². The van der Waals surface area contributed by atoms with Crippen molar-refractivity contribution >= 4 is 34.8 Å². The fourth-order valence-corrected chi connectivity index (χ4v) is 2.53. The van der Waals surface area contributed by atoms with E-state index in [0.717, 1.165) is 0 Å². The Kier molecular flexibility index (Phi) is 4.58. The fourth-order valence-electron chi connectivity index (χ4n) is 1.75. The van der Waals surface area contributed by atoms with E-state index in [1.807, 2.05) is 0 Å². The van der Waals surface area contributed by atoms with Crippen LogP contribution in [0.15, 0.2) is 36.4 Å². The van der Waals surface area contributed by atoms with Crippen LogP contribution in [0.4, 0.5) is 0 Å². The van der Waals surface area contributed by atoms with E-state index in [-0.39, 0.29) is 0 Å². The van der Waals surface area contributed by atoms with E-state index in [1.54, 1.807) is 43.5 Å². The predicted octanol–water partition coefficient (Wildman–Crippen LogP) is 4.74. The molecule has 0 spiro atoms. The SMILES string of the molecule is COc1ccc(C(O)c2ccc(Cl)cc2Cl)c(Cl)c1. The number of benzene rings is 2. The van der Waals surface area contributed by atoms with Gasteiger partial charge in [0.15, 0.2) is 0 Å². The van der Waals surface area contributed by atoms with E-state index in [2.05, 4.69) is 0 Å². The van der Waals surface area contributed by atoms with Crippen molar-refractivity contribution in [2.75, 3.05) is 7.11 Å². The highest BCUT2D eigenvalue weighted by Gasteiger charge is 2.17. The van der Waals surface area contributed by atoms with Gasteiger partial charge in [-0.15, -0.1) is 0 Å². The molecule has 0 aliphatic heterocycles. The summed E-state index contributed by atoms with van der Waals surface area (Å²) in [5, 5.41) is 11.7. The highest BCUT2D eigenvalue weighted by atomic mass is 35.5. The minimum absolute atomic E-state index is 0.395. The molecule has 0 radical (unpaired) electrons. The lowest BCUT2D eigenvalue weighted by Crippen LogP contribution is -2.01. The average molecular weight is 318 g/mol. The van der Waals surface area contributed by atoms with Crippen LogP contribution in [-0.2, 0) is 0 Å². The first kappa shape index (κ1) is 14.5. The first-order valence-corrected chi connectivity index (χ1v) is 6.62. The summed E-state index contributed by atoms with van der Waals surface area (Å²) in [5.41, 5.74) is 1.12. The third-order valence-electron chi connectivity index (χ3n) is 2.76. The minimum atomic E-state index is -0.914. The summed E-state index contributed by atoms with van der Waals surface area (Å²) in [7, 11) is 1.55. The second kappa shape index (κ2) is 6.02. The number of aliphatic hydroxyl groups is 1. The Labute approximate surface area is 126 Å². The molecule has 2 rings (SSSR count). The van der Waals surface area contributed by atoms with Crippen molar-refractivity contribution in [3.8, 4) is 5.75 Å². The van der Waals surface area contributed by atoms with Crippen molar-refractivity contribution in [3.63, 3.8) is 0 Å². The lowest BCUT2D eigenvalue weighted by atomic mass is 10.0. The molecule has 1 unspecified atom stereocenters. The zero-order chi connectivity index (χ0) is 14.0. The molecule has 2 aromatic rings.